The van der Waals surface area contributed by atoms with Crippen LogP contribution in [0.1, 0.15) is 44.7 Å². The molecular weight excluding hydrogens is 346 g/mol. The zero-order chi connectivity index (χ0) is 18.1. The number of hydrogen-bond acceptors (Lipinski definition) is 6. The molecule has 0 aromatic carbocycles. The van der Waals surface area contributed by atoms with E-state index in [1.165, 1.54) is 11.2 Å². The lowest BCUT2D eigenvalue weighted by atomic mass is 9.88. The molecule has 1 fully saturated rings. The summed E-state index contributed by atoms with van der Waals surface area (Å²) in [5.74, 6) is 0.728. The fourth-order valence-electron chi connectivity index (χ4n) is 3.61. The van der Waals surface area contributed by atoms with Crippen molar-refractivity contribution < 1.29 is 17.8 Å². The van der Waals surface area contributed by atoms with E-state index in [1.54, 1.807) is 6.92 Å². The van der Waals surface area contributed by atoms with E-state index in [0.29, 0.717) is 24.6 Å². The average molecular weight is 369 g/mol. The van der Waals surface area contributed by atoms with Crippen LogP contribution >= 0.6 is 0 Å². The Morgan fingerprint density at radius 3 is 2.76 bits per heavy atom. The molecule has 0 bridgehead atoms. The first-order valence-corrected chi connectivity index (χ1v) is 9.94. The van der Waals surface area contributed by atoms with Gasteiger partial charge in [-0.1, -0.05) is 19.3 Å². The number of H-pyrrole nitrogens is 1. The van der Waals surface area contributed by atoms with E-state index >= 15 is 0 Å². The SMILES string of the molecule is CCN=C1NC(C=O)(S(=O)(=O)O)N(CC2CCCCC2)c2nc[nH]c21. The van der Waals surface area contributed by atoms with Gasteiger partial charge < -0.3 is 15.2 Å². The number of aromatic nitrogens is 2. The van der Waals surface area contributed by atoms with Crippen LogP contribution in [-0.2, 0) is 14.9 Å². The number of anilines is 1. The first-order valence-electron chi connectivity index (χ1n) is 8.50. The monoisotopic (exact) mass is 369 g/mol. The van der Waals surface area contributed by atoms with Crippen LogP contribution < -0.4 is 10.2 Å². The van der Waals surface area contributed by atoms with Gasteiger partial charge in [0.25, 0.3) is 4.99 Å². The summed E-state index contributed by atoms with van der Waals surface area (Å²) in [6.45, 7) is 2.47. The summed E-state index contributed by atoms with van der Waals surface area (Å²) in [5, 5.41) is 2.64. The third-order valence-electron chi connectivity index (χ3n) is 4.85. The molecule has 1 aromatic rings. The molecule has 1 aliphatic carbocycles. The van der Waals surface area contributed by atoms with Gasteiger partial charge >= 0.3 is 10.1 Å². The second-order valence-corrected chi connectivity index (χ2v) is 8.03. The number of carbonyl (C=O) groups excluding carboxylic acids is 1. The quantitative estimate of drug-likeness (QED) is 0.520. The van der Waals surface area contributed by atoms with E-state index in [-0.39, 0.29) is 18.0 Å². The third kappa shape index (κ3) is 3.04. The molecular formula is C15H23N5O4S. The number of nitrogens with zero attached hydrogens (tertiary/aromatic N) is 3. The molecule has 138 valence electrons. The molecule has 0 spiro atoms. The third-order valence-corrected chi connectivity index (χ3v) is 6.05. The van der Waals surface area contributed by atoms with Crippen molar-refractivity contribution in [2.24, 2.45) is 10.9 Å². The largest absolute Gasteiger partial charge is 0.340 e. The van der Waals surface area contributed by atoms with Crippen molar-refractivity contribution in [2.45, 2.75) is 44.0 Å². The highest BCUT2D eigenvalue weighted by molar-refractivity contribution is 7.88. The van der Waals surface area contributed by atoms with Gasteiger partial charge in [0.2, 0.25) is 0 Å². The summed E-state index contributed by atoms with van der Waals surface area (Å²) in [6, 6.07) is 0. The lowest BCUT2D eigenvalue weighted by molar-refractivity contribution is -0.110. The van der Waals surface area contributed by atoms with Crippen LogP contribution in [0.2, 0.25) is 0 Å². The van der Waals surface area contributed by atoms with Gasteiger partial charge in [0.1, 0.15) is 5.69 Å². The molecule has 2 aliphatic rings. The average Bonchev–Trinajstić information content (AvgIpc) is 3.07. The zero-order valence-corrected chi connectivity index (χ0v) is 14.9. The van der Waals surface area contributed by atoms with Crippen molar-refractivity contribution in [2.75, 3.05) is 18.0 Å². The number of nitrogens with one attached hydrogen (secondary N) is 2. The first-order chi connectivity index (χ1) is 11.9. The van der Waals surface area contributed by atoms with Crippen molar-refractivity contribution in [3.8, 4) is 0 Å². The molecule has 25 heavy (non-hydrogen) atoms. The predicted molar refractivity (Wildman–Crippen MR) is 93.1 cm³/mol. The summed E-state index contributed by atoms with van der Waals surface area (Å²) in [6.07, 6.45) is 6.85. The molecule has 0 radical (unpaired) electrons. The molecule has 1 unspecified atom stereocenters. The lowest BCUT2D eigenvalue weighted by Gasteiger charge is -2.44. The number of amidine groups is 1. The van der Waals surface area contributed by atoms with Crippen LogP contribution in [-0.4, -0.2) is 53.1 Å². The van der Waals surface area contributed by atoms with Gasteiger partial charge in [-0.15, -0.1) is 0 Å². The molecule has 3 rings (SSSR count). The maximum Gasteiger partial charge on any atom is 0.316 e. The minimum absolute atomic E-state index is 0.194. The van der Waals surface area contributed by atoms with Crippen molar-refractivity contribution in [3.63, 3.8) is 0 Å². The molecule has 0 amide bonds. The second-order valence-electron chi connectivity index (χ2n) is 6.45. The van der Waals surface area contributed by atoms with E-state index < -0.39 is 15.1 Å². The Labute approximate surface area is 146 Å². The van der Waals surface area contributed by atoms with E-state index in [4.69, 9.17) is 0 Å². The Morgan fingerprint density at radius 1 is 1.44 bits per heavy atom. The number of rotatable bonds is 5. The van der Waals surface area contributed by atoms with Gasteiger partial charge in [0.05, 0.1) is 6.33 Å². The minimum Gasteiger partial charge on any atom is -0.340 e. The Hall–Kier alpha value is -1.94. The van der Waals surface area contributed by atoms with Crippen LogP contribution in [0, 0.1) is 5.92 Å². The summed E-state index contributed by atoms with van der Waals surface area (Å²) in [7, 11) is -4.80. The van der Waals surface area contributed by atoms with Crippen molar-refractivity contribution in [1.82, 2.24) is 15.3 Å². The number of carbonyl (C=O) groups is 1. The van der Waals surface area contributed by atoms with Crippen molar-refractivity contribution >= 4 is 28.1 Å². The van der Waals surface area contributed by atoms with Gasteiger partial charge in [0.15, 0.2) is 17.9 Å². The fraction of sp³-hybridized carbons (Fsp3) is 0.667. The van der Waals surface area contributed by atoms with Gasteiger partial charge in [-0.2, -0.15) is 8.42 Å². The topological polar surface area (TPSA) is 128 Å². The Morgan fingerprint density at radius 2 is 2.16 bits per heavy atom. The van der Waals surface area contributed by atoms with Gasteiger partial charge in [-0.05, 0) is 25.7 Å². The van der Waals surface area contributed by atoms with Gasteiger partial charge in [-0.3, -0.25) is 14.3 Å². The van der Waals surface area contributed by atoms with Crippen LogP contribution in [0.25, 0.3) is 0 Å². The predicted octanol–water partition coefficient (Wildman–Crippen LogP) is 0.907. The molecule has 2 heterocycles. The van der Waals surface area contributed by atoms with Crippen LogP contribution in [0.15, 0.2) is 11.3 Å². The molecule has 1 aromatic heterocycles. The lowest BCUT2D eigenvalue weighted by Crippen LogP contribution is -2.70. The maximum absolute atomic E-state index is 12.2. The standard InChI is InChI=1S/C15H23N5O4S/c1-2-16-13-12-14(18-10-17-12)20(8-11-6-4-3-5-7-11)15(9-21,19-13)25(22,23)24/h9-11H,2-8H2,1H3,(H,16,19)(H,17,18)(H,22,23,24). The van der Waals surface area contributed by atoms with Gasteiger partial charge in [-0.25, -0.2) is 4.98 Å². The Bertz CT molecular complexity index is 769. The normalized spacial score (nSPS) is 26.3. The number of hydrogen-bond donors (Lipinski definition) is 3. The minimum atomic E-state index is -4.80. The van der Waals surface area contributed by atoms with Gasteiger partial charge in [0, 0.05) is 13.1 Å². The van der Waals surface area contributed by atoms with Crippen molar-refractivity contribution in [3.05, 3.63) is 12.0 Å². The summed E-state index contributed by atoms with van der Waals surface area (Å²) >= 11 is 0. The van der Waals surface area contributed by atoms with Crippen LogP contribution in [0.5, 0.6) is 0 Å². The molecule has 1 atom stereocenters. The van der Waals surface area contributed by atoms with E-state index in [2.05, 4.69) is 20.3 Å². The van der Waals surface area contributed by atoms with E-state index in [1.807, 2.05) is 0 Å². The second kappa shape index (κ2) is 6.75. The summed E-state index contributed by atoms with van der Waals surface area (Å²) < 4.78 is 34.3. The molecule has 9 nitrogen and oxygen atoms in total. The van der Waals surface area contributed by atoms with Crippen LogP contribution in [0.4, 0.5) is 5.82 Å². The molecule has 1 saturated carbocycles. The van der Waals surface area contributed by atoms with E-state index in [9.17, 15) is 17.8 Å². The highest BCUT2D eigenvalue weighted by Crippen LogP contribution is 2.34. The zero-order valence-electron chi connectivity index (χ0n) is 14.1. The first kappa shape index (κ1) is 17.9. The number of aldehydes is 1. The highest BCUT2D eigenvalue weighted by Gasteiger charge is 2.54. The highest BCUT2D eigenvalue weighted by atomic mass is 32.2. The smallest absolute Gasteiger partial charge is 0.316 e. The van der Waals surface area contributed by atoms with E-state index in [0.717, 1.165) is 32.1 Å². The molecule has 0 saturated heterocycles. The fourth-order valence-corrected chi connectivity index (χ4v) is 4.39. The van der Waals surface area contributed by atoms with Crippen molar-refractivity contribution in [1.29, 1.82) is 0 Å². The summed E-state index contributed by atoms with van der Waals surface area (Å²) in [5.41, 5.74) is 0.513. The Kier molecular flexibility index (Phi) is 4.83. The number of aliphatic imine (C=N–C) groups is 1. The van der Waals surface area contributed by atoms with Crippen LogP contribution in [0.3, 0.4) is 0 Å². The molecule has 3 N–H and O–H groups in total. The number of fused-ring (bicyclic) bond motifs is 1. The molecule has 1 aliphatic heterocycles. The number of aromatic amines is 1. The summed E-state index contributed by atoms with van der Waals surface area (Å²) in [4.78, 5) is 22.3. The Balaban J connectivity index is 2.10. The molecule has 10 heteroatoms. The number of imidazole rings is 1. The maximum atomic E-state index is 12.2.